The third-order valence-corrected chi connectivity index (χ3v) is 3.50. The van der Waals surface area contributed by atoms with Gasteiger partial charge in [0.25, 0.3) is 5.69 Å². The lowest BCUT2D eigenvalue weighted by molar-refractivity contribution is -0.384. The van der Waals surface area contributed by atoms with Crippen LogP contribution in [0.25, 0.3) is 10.9 Å². The van der Waals surface area contributed by atoms with Gasteiger partial charge in [-0.25, -0.2) is 0 Å². The van der Waals surface area contributed by atoms with E-state index in [2.05, 4.69) is 10.4 Å². The maximum Gasteiger partial charge on any atom is 0.271 e. The summed E-state index contributed by atoms with van der Waals surface area (Å²) < 4.78 is 6.52. The van der Waals surface area contributed by atoms with Crippen LogP contribution in [0.2, 0.25) is 5.02 Å². The predicted molar refractivity (Wildman–Crippen MR) is 82.0 cm³/mol. The zero-order chi connectivity index (χ0) is 16.4. The van der Waals surface area contributed by atoms with Crippen molar-refractivity contribution in [3.05, 3.63) is 57.6 Å². The number of rotatable bonds is 5. The van der Waals surface area contributed by atoms with Crippen LogP contribution >= 0.6 is 11.6 Å². The number of hydrogen-bond donors (Lipinski definition) is 1. The third kappa shape index (κ3) is 3.16. The van der Waals surface area contributed by atoms with Crippen LogP contribution in [-0.4, -0.2) is 20.6 Å². The molecule has 0 atom stereocenters. The molecular formula is C14H11ClN4O4. The van der Waals surface area contributed by atoms with E-state index < -0.39 is 4.92 Å². The van der Waals surface area contributed by atoms with Crippen LogP contribution in [0, 0.1) is 10.1 Å². The highest BCUT2D eigenvalue weighted by Crippen LogP contribution is 2.28. The molecule has 0 unspecified atom stereocenters. The first-order chi connectivity index (χ1) is 11.0. The number of halogens is 1. The Balaban J connectivity index is 1.77. The first-order valence-electron chi connectivity index (χ1n) is 6.63. The summed E-state index contributed by atoms with van der Waals surface area (Å²) in [7, 11) is 0. The molecule has 0 bridgehead atoms. The number of nitrogens with zero attached hydrogens (tertiary/aromatic N) is 3. The number of aromatic nitrogens is 2. The molecule has 3 aromatic rings. The summed E-state index contributed by atoms with van der Waals surface area (Å²) in [5.74, 6) is 0.359. The molecule has 8 nitrogen and oxygen atoms in total. The summed E-state index contributed by atoms with van der Waals surface area (Å²) in [6.07, 6.45) is 2.96. The highest BCUT2D eigenvalue weighted by atomic mass is 35.5. The molecule has 2 aromatic heterocycles. The average Bonchev–Trinajstić information content (AvgIpc) is 3.15. The molecule has 0 aliphatic heterocycles. The molecule has 2 heterocycles. The Kier molecular flexibility index (Phi) is 3.98. The number of non-ortho nitro benzene ring substituents is 1. The van der Waals surface area contributed by atoms with Crippen molar-refractivity contribution in [2.24, 2.45) is 0 Å². The smallest absolute Gasteiger partial charge is 0.271 e. The number of furan rings is 1. The summed E-state index contributed by atoms with van der Waals surface area (Å²) >= 11 is 6.08. The summed E-state index contributed by atoms with van der Waals surface area (Å²) in [5, 5.41) is 18.3. The van der Waals surface area contributed by atoms with Gasteiger partial charge < -0.3 is 9.73 Å². The standard InChI is InChI=1S/C14H11ClN4O4/c15-12-5-10(19(21)22)4-9-6-17-18(14(9)12)8-13(20)16-7-11-2-1-3-23-11/h1-6H,7-8H2,(H,16,20). The van der Waals surface area contributed by atoms with Crippen molar-refractivity contribution >= 4 is 34.1 Å². The second-order valence-electron chi connectivity index (χ2n) is 4.78. The Labute approximate surface area is 134 Å². The second-order valence-corrected chi connectivity index (χ2v) is 5.19. The van der Waals surface area contributed by atoms with Crippen LogP contribution in [0.4, 0.5) is 5.69 Å². The van der Waals surface area contributed by atoms with Crippen molar-refractivity contribution in [3.63, 3.8) is 0 Å². The quantitative estimate of drug-likeness (QED) is 0.570. The molecule has 0 radical (unpaired) electrons. The van der Waals surface area contributed by atoms with Gasteiger partial charge in [0, 0.05) is 17.5 Å². The molecule has 0 saturated heterocycles. The molecule has 0 saturated carbocycles. The third-order valence-electron chi connectivity index (χ3n) is 3.22. The van der Waals surface area contributed by atoms with Gasteiger partial charge in [-0.1, -0.05) is 11.6 Å². The monoisotopic (exact) mass is 334 g/mol. The second kappa shape index (κ2) is 6.09. The maximum atomic E-state index is 12.0. The highest BCUT2D eigenvalue weighted by molar-refractivity contribution is 6.35. The number of fused-ring (bicyclic) bond motifs is 1. The predicted octanol–water partition coefficient (Wildman–Crippen LogP) is 2.51. The molecule has 118 valence electrons. The zero-order valence-corrected chi connectivity index (χ0v) is 12.5. The number of amides is 1. The number of nitrogens with one attached hydrogen (secondary N) is 1. The molecule has 23 heavy (non-hydrogen) atoms. The van der Waals surface area contributed by atoms with Crippen molar-refractivity contribution < 1.29 is 14.1 Å². The van der Waals surface area contributed by atoms with E-state index in [1.54, 1.807) is 12.1 Å². The average molecular weight is 335 g/mol. The van der Waals surface area contributed by atoms with Crippen LogP contribution < -0.4 is 5.32 Å². The Bertz CT molecular complexity index is 872. The van der Waals surface area contributed by atoms with Crippen molar-refractivity contribution in [2.75, 3.05) is 0 Å². The van der Waals surface area contributed by atoms with Crippen LogP contribution in [0.1, 0.15) is 5.76 Å². The number of nitro groups is 1. The molecule has 1 N–H and O–H groups in total. The van der Waals surface area contributed by atoms with Crippen LogP contribution in [0.15, 0.2) is 41.1 Å². The van der Waals surface area contributed by atoms with Crippen LogP contribution in [-0.2, 0) is 17.9 Å². The maximum absolute atomic E-state index is 12.0. The summed E-state index contributed by atoms with van der Waals surface area (Å²) in [6, 6.07) is 6.09. The van der Waals surface area contributed by atoms with Crippen molar-refractivity contribution in [1.29, 1.82) is 0 Å². The molecule has 1 amide bonds. The number of benzene rings is 1. The largest absolute Gasteiger partial charge is 0.467 e. The van der Waals surface area contributed by atoms with Gasteiger partial charge in [0.05, 0.1) is 34.5 Å². The van der Waals surface area contributed by atoms with E-state index in [1.165, 1.54) is 29.3 Å². The van der Waals surface area contributed by atoms with Gasteiger partial charge in [0.15, 0.2) is 0 Å². The summed E-state index contributed by atoms with van der Waals surface area (Å²) in [4.78, 5) is 22.3. The number of carbonyl (C=O) groups is 1. The van der Waals surface area contributed by atoms with Gasteiger partial charge in [0.2, 0.25) is 5.91 Å². The van der Waals surface area contributed by atoms with E-state index >= 15 is 0 Å². The summed E-state index contributed by atoms with van der Waals surface area (Å²) in [5.41, 5.74) is 0.356. The lowest BCUT2D eigenvalue weighted by Crippen LogP contribution is -2.27. The summed E-state index contributed by atoms with van der Waals surface area (Å²) in [6.45, 7) is 0.214. The number of carbonyl (C=O) groups excluding carboxylic acids is 1. The highest BCUT2D eigenvalue weighted by Gasteiger charge is 2.16. The lowest BCUT2D eigenvalue weighted by Gasteiger charge is -2.06. The van der Waals surface area contributed by atoms with E-state index in [9.17, 15) is 14.9 Å². The molecule has 3 rings (SSSR count). The van der Waals surface area contributed by atoms with Gasteiger partial charge in [-0.2, -0.15) is 5.10 Å². The van der Waals surface area contributed by atoms with E-state index in [0.29, 0.717) is 16.7 Å². The Morgan fingerprint density at radius 2 is 2.30 bits per heavy atom. The first kappa shape index (κ1) is 15.0. The Morgan fingerprint density at radius 3 is 3.00 bits per heavy atom. The minimum Gasteiger partial charge on any atom is -0.467 e. The normalized spacial score (nSPS) is 10.8. The zero-order valence-electron chi connectivity index (χ0n) is 11.7. The minimum absolute atomic E-state index is 0.0538. The van der Waals surface area contributed by atoms with Crippen molar-refractivity contribution in [1.82, 2.24) is 15.1 Å². The van der Waals surface area contributed by atoms with Crippen LogP contribution in [0.5, 0.6) is 0 Å². The van der Waals surface area contributed by atoms with Gasteiger partial charge >= 0.3 is 0 Å². The Hall–Kier alpha value is -2.87. The molecule has 0 aliphatic carbocycles. The number of nitro benzene ring substituents is 1. The van der Waals surface area contributed by atoms with Gasteiger partial charge in [-0.15, -0.1) is 0 Å². The van der Waals surface area contributed by atoms with Gasteiger partial charge in [-0.05, 0) is 12.1 Å². The van der Waals surface area contributed by atoms with Gasteiger partial charge in [-0.3, -0.25) is 19.6 Å². The van der Waals surface area contributed by atoms with E-state index in [0.717, 1.165) is 0 Å². The van der Waals surface area contributed by atoms with Crippen LogP contribution in [0.3, 0.4) is 0 Å². The van der Waals surface area contributed by atoms with Crippen molar-refractivity contribution in [2.45, 2.75) is 13.1 Å². The molecule has 0 spiro atoms. The topological polar surface area (TPSA) is 103 Å². The molecular weight excluding hydrogens is 324 g/mol. The fraction of sp³-hybridized carbons (Fsp3) is 0.143. The van der Waals surface area contributed by atoms with Gasteiger partial charge in [0.1, 0.15) is 12.3 Å². The molecule has 0 aliphatic rings. The molecule has 1 aromatic carbocycles. The fourth-order valence-corrected chi connectivity index (χ4v) is 2.50. The minimum atomic E-state index is -0.529. The molecule has 9 heteroatoms. The van der Waals surface area contributed by atoms with Crippen molar-refractivity contribution in [3.8, 4) is 0 Å². The number of hydrogen-bond acceptors (Lipinski definition) is 5. The Morgan fingerprint density at radius 1 is 1.48 bits per heavy atom. The van der Waals surface area contributed by atoms with E-state index in [-0.39, 0.29) is 29.7 Å². The fourth-order valence-electron chi connectivity index (χ4n) is 2.18. The first-order valence-corrected chi connectivity index (χ1v) is 7.01. The van der Waals surface area contributed by atoms with E-state index in [1.807, 2.05) is 0 Å². The lowest BCUT2D eigenvalue weighted by atomic mass is 10.2. The SMILES string of the molecule is O=C(Cn1ncc2cc([N+](=O)[O-])cc(Cl)c21)NCc1ccco1. The molecule has 0 fully saturated rings. The van der Waals surface area contributed by atoms with E-state index in [4.69, 9.17) is 16.0 Å².